The maximum Gasteiger partial charge on any atom is 0.266 e. The monoisotopic (exact) mass is 377 g/mol. The smallest absolute Gasteiger partial charge is 0.266 e. The Morgan fingerprint density at radius 2 is 2.18 bits per heavy atom. The summed E-state index contributed by atoms with van der Waals surface area (Å²) in [4.78, 5) is 30.2. The molecule has 1 aliphatic heterocycles. The minimum atomic E-state index is -0.380. The van der Waals surface area contributed by atoms with Crippen molar-refractivity contribution in [2.75, 3.05) is 13.1 Å². The van der Waals surface area contributed by atoms with Crippen LogP contribution in [0.5, 0.6) is 0 Å². The first-order valence-electron chi connectivity index (χ1n) is 8.98. The molecule has 2 amide bonds. The van der Waals surface area contributed by atoms with Crippen molar-refractivity contribution >= 4 is 22.6 Å². The zero-order valence-electron chi connectivity index (χ0n) is 15.2. The summed E-state index contributed by atoms with van der Waals surface area (Å²) < 4.78 is 5.68. The second kappa shape index (κ2) is 7.59. The number of pyridine rings is 1. The Bertz CT molecular complexity index is 1040. The number of aromatic nitrogens is 3. The molecular formula is C20H19N5O3. The van der Waals surface area contributed by atoms with E-state index in [4.69, 9.17) is 4.42 Å². The van der Waals surface area contributed by atoms with Crippen molar-refractivity contribution in [3.63, 3.8) is 0 Å². The summed E-state index contributed by atoms with van der Waals surface area (Å²) in [6.45, 7) is 4.57. The van der Waals surface area contributed by atoms with E-state index in [0.29, 0.717) is 24.7 Å². The Balaban J connectivity index is 1.42. The van der Waals surface area contributed by atoms with Crippen molar-refractivity contribution < 1.29 is 14.0 Å². The van der Waals surface area contributed by atoms with Gasteiger partial charge < -0.3 is 14.6 Å². The van der Waals surface area contributed by atoms with E-state index in [1.165, 1.54) is 0 Å². The number of amides is 2. The zero-order chi connectivity index (χ0) is 19.5. The zero-order valence-corrected chi connectivity index (χ0v) is 15.2. The number of rotatable bonds is 6. The molecule has 3 aromatic rings. The second-order valence-electron chi connectivity index (χ2n) is 6.59. The molecule has 8 heteroatoms. The van der Waals surface area contributed by atoms with Crippen molar-refractivity contribution in [3.8, 4) is 11.6 Å². The highest BCUT2D eigenvalue weighted by Crippen LogP contribution is 2.25. The van der Waals surface area contributed by atoms with Gasteiger partial charge in [-0.2, -0.15) is 0 Å². The predicted molar refractivity (Wildman–Crippen MR) is 102 cm³/mol. The van der Waals surface area contributed by atoms with Crippen LogP contribution in [0, 0.1) is 5.92 Å². The molecule has 142 valence electrons. The lowest BCUT2D eigenvalue weighted by Gasteiger charge is -2.13. The molecule has 1 aliphatic rings. The highest BCUT2D eigenvalue weighted by Gasteiger charge is 2.33. The number of nitrogens with zero attached hydrogens (tertiary/aromatic N) is 4. The van der Waals surface area contributed by atoms with Gasteiger partial charge in [-0.3, -0.25) is 14.6 Å². The average Bonchev–Trinajstić information content (AvgIpc) is 3.33. The van der Waals surface area contributed by atoms with E-state index >= 15 is 0 Å². The van der Waals surface area contributed by atoms with E-state index in [-0.39, 0.29) is 36.6 Å². The van der Waals surface area contributed by atoms with E-state index in [0.717, 1.165) is 10.8 Å². The van der Waals surface area contributed by atoms with E-state index in [1.807, 2.05) is 30.3 Å². The first kappa shape index (κ1) is 17.8. The van der Waals surface area contributed by atoms with Crippen LogP contribution in [0.25, 0.3) is 22.4 Å². The molecule has 8 nitrogen and oxygen atoms in total. The van der Waals surface area contributed by atoms with Gasteiger partial charge in [0.1, 0.15) is 5.69 Å². The molecule has 2 aromatic heterocycles. The lowest BCUT2D eigenvalue weighted by molar-refractivity contribution is -0.128. The fourth-order valence-electron chi connectivity index (χ4n) is 3.30. The molecule has 0 bridgehead atoms. The summed E-state index contributed by atoms with van der Waals surface area (Å²) in [5.74, 6) is -0.0423. The molecule has 3 heterocycles. The Morgan fingerprint density at radius 1 is 1.32 bits per heavy atom. The standard InChI is InChI=1S/C20H19N5O3/c1-2-9-25-12-14(10-17(25)26)19(27)22-11-16-23-24-20(28-16)18-15-6-4-3-5-13(15)7-8-21-18/h2-8,14H,1,9-12H2,(H,22,27). The normalized spacial score (nSPS) is 16.5. The number of benzene rings is 1. The summed E-state index contributed by atoms with van der Waals surface area (Å²) in [6.07, 6.45) is 3.55. The highest BCUT2D eigenvalue weighted by molar-refractivity contribution is 5.92. The summed E-state index contributed by atoms with van der Waals surface area (Å²) in [7, 11) is 0. The molecule has 1 N–H and O–H groups in total. The number of fused-ring (bicyclic) bond motifs is 1. The SMILES string of the molecule is C=CCN1CC(C(=O)NCc2nnc(-c3nccc4ccccc34)o2)CC1=O. The summed E-state index contributed by atoms with van der Waals surface area (Å²) in [5, 5.41) is 12.8. The van der Waals surface area contributed by atoms with Crippen LogP contribution < -0.4 is 5.32 Å². The maximum atomic E-state index is 12.3. The van der Waals surface area contributed by atoms with Gasteiger partial charge >= 0.3 is 0 Å². The number of likely N-dealkylation sites (tertiary alicyclic amines) is 1. The van der Waals surface area contributed by atoms with Gasteiger partial charge in [-0.25, -0.2) is 0 Å². The average molecular weight is 377 g/mol. The molecule has 28 heavy (non-hydrogen) atoms. The minimum Gasteiger partial charge on any atom is -0.417 e. The molecule has 4 rings (SSSR count). The molecule has 0 spiro atoms. The number of carbonyl (C=O) groups excluding carboxylic acids is 2. The quantitative estimate of drug-likeness (QED) is 0.659. The lowest BCUT2D eigenvalue weighted by atomic mass is 10.1. The van der Waals surface area contributed by atoms with Crippen molar-refractivity contribution in [1.29, 1.82) is 0 Å². The van der Waals surface area contributed by atoms with Crippen molar-refractivity contribution in [1.82, 2.24) is 25.4 Å². The van der Waals surface area contributed by atoms with Gasteiger partial charge in [0.25, 0.3) is 5.89 Å². The Morgan fingerprint density at radius 3 is 3.04 bits per heavy atom. The van der Waals surface area contributed by atoms with E-state index in [9.17, 15) is 9.59 Å². The van der Waals surface area contributed by atoms with Gasteiger partial charge in [-0.1, -0.05) is 30.3 Å². The largest absolute Gasteiger partial charge is 0.417 e. The second-order valence-corrected chi connectivity index (χ2v) is 6.59. The van der Waals surface area contributed by atoms with Crippen LogP contribution in [0.3, 0.4) is 0 Å². The van der Waals surface area contributed by atoms with Gasteiger partial charge in [0.15, 0.2) is 0 Å². The number of carbonyl (C=O) groups is 2. The molecule has 0 aliphatic carbocycles. The van der Waals surface area contributed by atoms with Crippen molar-refractivity contribution in [2.45, 2.75) is 13.0 Å². The van der Waals surface area contributed by atoms with Gasteiger partial charge in [-0.05, 0) is 11.5 Å². The molecule has 1 atom stereocenters. The van der Waals surface area contributed by atoms with E-state index < -0.39 is 0 Å². The van der Waals surface area contributed by atoms with Gasteiger partial charge in [-0.15, -0.1) is 16.8 Å². The highest BCUT2D eigenvalue weighted by atomic mass is 16.4. The van der Waals surface area contributed by atoms with Crippen molar-refractivity contribution in [2.24, 2.45) is 5.92 Å². The van der Waals surface area contributed by atoms with Gasteiger partial charge in [0.2, 0.25) is 17.7 Å². The predicted octanol–water partition coefficient (Wildman–Crippen LogP) is 1.94. The minimum absolute atomic E-state index is 0.0397. The van der Waals surface area contributed by atoms with Crippen LogP contribution in [0.4, 0.5) is 0 Å². The fourth-order valence-corrected chi connectivity index (χ4v) is 3.30. The molecule has 0 radical (unpaired) electrons. The Kier molecular flexibility index (Phi) is 4.84. The third-order valence-electron chi connectivity index (χ3n) is 4.69. The number of hydrogen-bond donors (Lipinski definition) is 1. The molecule has 0 saturated carbocycles. The number of hydrogen-bond acceptors (Lipinski definition) is 6. The molecule has 1 unspecified atom stereocenters. The molecular weight excluding hydrogens is 358 g/mol. The summed E-state index contributed by atoms with van der Waals surface area (Å²) in [6, 6.07) is 9.70. The third-order valence-corrected chi connectivity index (χ3v) is 4.69. The Labute approximate surface area is 161 Å². The van der Waals surface area contributed by atoms with E-state index in [1.54, 1.807) is 17.2 Å². The summed E-state index contributed by atoms with van der Waals surface area (Å²) in [5.41, 5.74) is 0.602. The first-order chi connectivity index (χ1) is 13.7. The molecule has 1 aromatic carbocycles. The van der Waals surface area contributed by atoms with Gasteiger partial charge in [0, 0.05) is 31.1 Å². The summed E-state index contributed by atoms with van der Waals surface area (Å²) >= 11 is 0. The number of nitrogens with one attached hydrogen (secondary N) is 1. The van der Waals surface area contributed by atoms with E-state index in [2.05, 4.69) is 27.1 Å². The Hall–Kier alpha value is -3.55. The third kappa shape index (κ3) is 3.48. The van der Waals surface area contributed by atoms with Crippen LogP contribution in [0.1, 0.15) is 12.3 Å². The van der Waals surface area contributed by atoms with Crippen LogP contribution in [-0.2, 0) is 16.1 Å². The first-order valence-corrected chi connectivity index (χ1v) is 8.98. The topological polar surface area (TPSA) is 101 Å². The van der Waals surface area contributed by atoms with Crippen LogP contribution in [-0.4, -0.2) is 45.0 Å². The van der Waals surface area contributed by atoms with Crippen LogP contribution >= 0.6 is 0 Å². The molecule has 1 saturated heterocycles. The molecule has 1 fully saturated rings. The maximum absolute atomic E-state index is 12.3. The van der Waals surface area contributed by atoms with Crippen molar-refractivity contribution in [3.05, 3.63) is 55.1 Å². The van der Waals surface area contributed by atoms with Gasteiger partial charge in [0.05, 0.1) is 12.5 Å². The van der Waals surface area contributed by atoms with Crippen LogP contribution in [0.15, 0.2) is 53.6 Å². The van der Waals surface area contributed by atoms with Crippen LogP contribution in [0.2, 0.25) is 0 Å². The lowest BCUT2D eigenvalue weighted by Crippen LogP contribution is -2.32. The fraction of sp³-hybridized carbons (Fsp3) is 0.250.